The van der Waals surface area contributed by atoms with Gasteiger partial charge in [0.25, 0.3) is 0 Å². The molecule has 0 fully saturated rings. The standard InChI is InChI=1S/C16H23N5/c1-5-21(13-8-6-12(4)7-9-13)15-10-14(20-17)18-16(19-15)11(2)3/h6-11H,5,17H2,1-4H3,(H,18,19,20). The largest absolute Gasteiger partial charge is 0.326 e. The van der Waals surface area contributed by atoms with Crippen molar-refractivity contribution in [1.82, 2.24) is 9.97 Å². The van der Waals surface area contributed by atoms with E-state index in [1.807, 2.05) is 6.07 Å². The predicted octanol–water partition coefficient (Wildman–Crippen LogP) is 3.35. The second-order valence-corrected chi connectivity index (χ2v) is 5.35. The first-order valence-corrected chi connectivity index (χ1v) is 7.25. The predicted molar refractivity (Wildman–Crippen MR) is 87.8 cm³/mol. The number of rotatable bonds is 5. The van der Waals surface area contributed by atoms with E-state index in [1.165, 1.54) is 5.56 Å². The van der Waals surface area contributed by atoms with Gasteiger partial charge in [0, 0.05) is 24.2 Å². The number of aryl methyl sites for hydroxylation is 1. The summed E-state index contributed by atoms with van der Waals surface area (Å²) in [5, 5.41) is 0. The molecule has 0 spiro atoms. The zero-order valence-electron chi connectivity index (χ0n) is 13.1. The van der Waals surface area contributed by atoms with Crippen LogP contribution in [0.3, 0.4) is 0 Å². The molecule has 0 atom stereocenters. The molecule has 112 valence electrons. The van der Waals surface area contributed by atoms with Gasteiger partial charge in [-0.25, -0.2) is 15.8 Å². The lowest BCUT2D eigenvalue weighted by atomic mass is 10.2. The first kappa shape index (κ1) is 15.3. The van der Waals surface area contributed by atoms with Gasteiger partial charge in [0.2, 0.25) is 0 Å². The molecule has 0 unspecified atom stereocenters. The Kier molecular flexibility index (Phi) is 4.75. The Morgan fingerprint density at radius 1 is 1.19 bits per heavy atom. The molecule has 1 heterocycles. The highest BCUT2D eigenvalue weighted by Gasteiger charge is 2.13. The lowest BCUT2D eigenvalue weighted by Gasteiger charge is -2.23. The van der Waals surface area contributed by atoms with E-state index in [-0.39, 0.29) is 5.92 Å². The summed E-state index contributed by atoms with van der Waals surface area (Å²) in [6.07, 6.45) is 0. The van der Waals surface area contributed by atoms with Crippen LogP contribution in [0.4, 0.5) is 17.3 Å². The molecule has 5 nitrogen and oxygen atoms in total. The third-order valence-corrected chi connectivity index (χ3v) is 3.33. The molecule has 5 heteroatoms. The fourth-order valence-electron chi connectivity index (χ4n) is 2.12. The van der Waals surface area contributed by atoms with Crippen molar-refractivity contribution in [3.05, 3.63) is 41.7 Å². The van der Waals surface area contributed by atoms with E-state index >= 15 is 0 Å². The Morgan fingerprint density at radius 2 is 1.86 bits per heavy atom. The summed E-state index contributed by atoms with van der Waals surface area (Å²) in [5.74, 6) is 8.04. The maximum atomic E-state index is 5.53. The van der Waals surface area contributed by atoms with Gasteiger partial charge >= 0.3 is 0 Å². The molecule has 0 bridgehead atoms. The van der Waals surface area contributed by atoms with Crippen molar-refractivity contribution in [3.8, 4) is 0 Å². The number of nitrogens with two attached hydrogens (primary N) is 1. The van der Waals surface area contributed by atoms with Crippen LogP contribution < -0.4 is 16.2 Å². The normalized spacial score (nSPS) is 10.8. The maximum Gasteiger partial charge on any atom is 0.145 e. The number of anilines is 3. The van der Waals surface area contributed by atoms with E-state index in [0.717, 1.165) is 23.9 Å². The number of hydrogen-bond donors (Lipinski definition) is 2. The third kappa shape index (κ3) is 3.49. The fourth-order valence-corrected chi connectivity index (χ4v) is 2.12. The smallest absolute Gasteiger partial charge is 0.145 e. The van der Waals surface area contributed by atoms with Gasteiger partial charge in [-0.3, -0.25) is 0 Å². The highest BCUT2D eigenvalue weighted by molar-refractivity contribution is 5.62. The van der Waals surface area contributed by atoms with Crippen LogP contribution >= 0.6 is 0 Å². The molecule has 0 aliphatic rings. The molecule has 2 rings (SSSR count). The summed E-state index contributed by atoms with van der Waals surface area (Å²) in [6.45, 7) is 9.15. The second-order valence-electron chi connectivity index (χ2n) is 5.35. The van der Waals surface area contributed by atoms with Crippen LogP contribution in [0.5, 0.6) is 0 Å². The number of nitrogen functional groups attached to an aromatic ring is 1. The second kappa shape index (κ2) is 6.54. The van der Waals surface area contributed by atoms with Gasteiger partial charge in [-0.1, -0.05) is 31.5 Å². The van der Waals surface area contributed by atoms with Crippen LogP contribution in [0.25, 0.3) is 0 Å². The summed E-state index contributed by atoms with van der Waals surface area (Å²) in [7, 11) is 0. The Labute approximate surface area is 126 Å². The number of nitrogens with zero attached hydrogens (tertiary/aromatic N) is 3. The van der Waals surface area contributed by atoms with Crippen molar-refractivity contribution in [2.24, 2.45) is 5.84 Å². The van der Waals surface area contributed by atoms with Crippen LogP contribution in [0.2, 0.25) is 0 Å². The number of hydrogen-bond acceptors (Lipinski definition) is 5. The Hall–Kier alpha value is -2.14. The summed E-state index contributed by atoms with van der Waals surface area (Å²) < 4.78 is 0. The lowest BCUT2D eigenvalue weighted by molar-refractivity contribution is 0.770. The number of hydrazine groups is 1. The molecule has 0 aliphatic carbocycles. The highest BCUT2D eigenvalue weighted by Crippen LogP contribution is 2.26. The average molecular weight is 285 g/mol. The Bertz CT molecular complexity index is 592. The van der Waals surface area contributed by atoms with Gasteiger partial charge in [0.1, 0.15) is 17.5 Å². The quantitative estimate of drug-likeness (QED) is 0.651. The third-order valence-electron chi connectivity index (χ3n) is 3.33. The first-order valence-electron chi connectivity index (χ1n) is 7.25. The summed E-state index contributed by atoms with van der Waals surface area (Å²) in [6, 6.07) is 10.3. The van der Waals surface area contributed by atoms with Crippen LogP contribution in [-0.4, -0.2) is 16.5 Å². The number of aromatic nitrogens is 2. The van der Waals surface area contributed by atoms with E-state index < -0.39 is 0 Å². The average Bonchev–Trinajstić information content (AvgIpc) is 2.49. The van der Waals surface area contributed by atoms with Crippen LogP contribution in [-0.2, 0) is 0 Å². The molecule has 0 amide bonds. The SMILES string of the molecule is CCN(c1ccc(C)cc1)c1cc(NN)nc(C(C)C)n1. The molecule has 1 aromatic heterocycles. The minimum Gasteiger partial charge on any atom is -0.326 e. The van der Waals surface area contributed by atoms with Gasteiger partial charge in [-0.15, -0.1) is 0 Å². The van der Waals surface area contributed by atoms with E-state index in [1.54, 1.807) is 0 Å². The van der Waals surface area contributed by atoms with Crippen LogP contribution in [0, 0.1) is 6.92 Å². The molecule has 0 saturated heterocycles. The van der Waals surface area contributed by atoms with E-state index in [9.17, 15) is 0 Å². The van der Waals surface area contributed by atoms with Crippen LogP contribution in [0.1, 0.15) is 38.1 Å². The number of nitrogens with one attached hydrogen (secondary N) is 1. The summed E-state index contributed by atoms with van der Waals surface area (Å²) in [4.78, 5) is 11.2. The van der Waals surface area contributed by atoms with Crippen molar-refractivity contribution >= 4 is 17.3 Å². The van der Waals surface area contributed by atoms with E-state index in [4.69, 9.17) is 5.84 Å². The van der Waals surface area contributed by atoms with Crippen molar-refractivity contribution in [1.29, 1.82) is 0 Å². The van der Waals surface area contributed by atoms with Crippen molar-refractivity contribution in [2.75, 3.05) is 16.9 Å². The molecule has 0 radical (unpaired) electrons. The zero-order valence-corrected chi connectivity index (χ0v) is 13.1. The Balaban J connectivity index is 2.46. The maximum absolute atomic E-state index is 5.53. The molecule has 21 heavy (non-hydrogen) atoms. The minimum absolute atomic E-state index is 0.244. The molecular weight excluding hydrogens is 262 g/mol. The summed E-state index contributed by atoms with van der Waals surface area (Å²) in [5.41, 5.74) is 4.98. The van der Waals surface area contributed by atoms with Gasteiger partial charge in [0.15, 0.2) is 0 Å². The van der Waals surface area contributed by atoms with Crippen LogP contribution in [0.15, 0.2) is 30.3 Å². The van der Waals surface area contributed by atoms with Gasteiger partial charge in [-0.2, -0.15) is 0 Å². The molecule has 3 N–H and O–H groups in total. The zero-order chi connectivity index (χ0) is 15.4. The van der Waals surface area contributed by atoms with E-state index in [0.29, 0.717) is 5.82 Å². The lowest BCUT2D eigenvalue weighted by Crippen LogP contribution is -2.20. The van der Waals surface area contributed by atoms with Crippen molar-refractivity contribution < 1.29 is 0 Å². The first-order chi connectivity index (χ1) is 10.0. The molecule has 1 aromatic carbocycles. The van der Waals surface area contributed by atoms with Crippen molar-refractivity contribution in [3.63, 3.8) is 0 Å². The minimum atomic E-state index is 0.244. The Morgan fingerprint density at radius 3 is 2.38 bits per heavy atom. The van der Waals surface area contributed by atoms with Crippen molar-refractivity contribution in [2.45, 2.75) is 33.6 Å². The molecule has 0 aliphatic heterocycles. The highest BCUT2D eigenvalue weighted by atomic mass is 15.3. The number of benzene rings is 1. The summed E-state index contributed by atoms with van der Waals surface area (Å²) >= 11 is 0. The van der Waals surface area contributed by atoms with Gasteiger partial charge < -0.3 is 10.3 Å². The van der Waals surface area contributed by atoms with E-state index in [2.05, 4.69) is 72.3 Å². The monoisotopic (exact) mass is 285 g/mol. The topological polar surface area (TPSA) is 67.1 Å². The molecule has 0 saturated carbocycles. The van der Waals surface area contributed by atoms with Gasteiger partial charge in [-0.05, 0) is 26.0 Å². The molecule has 2 aromatic rings. The fraction of sp³-hybridized carbons (Fsp3) is 0.375. The van der Waals surface area contributed by atoms with Gasteiger partial charge in [0.05, 0.1) is 0 Å². The molecular formula is C16H23N5.